The highest BCUT2D eigenvalue weighted by Crippen LogP contribution is 2.56. The maximum absolute atomic E-state index is 14.8. The van der Waals surface area contributed by atoms with E-state index in [0.717, 1.165) is 14.2 Å². The number of rotatable bonds is 8. The van der Waals surface area contributed by atoms with Crippen molar-refractivity contribution in [3.63, 3.8) is 0 Å². The molecule has 0 saturated carbocycles. The predicted octanol–water partition coefficient (Wildman–Crippen LogP) is 2.17. The van der Waals surface area contributed by atoms with Crippen LogP contribution in [0.15, 0.2) is 24.3 Å². The van der Waals surface area contributed by atoms with Crippen molar-refractivity contribution in [1.82, 2.24) is 5.32 Å². The average Bonchev–Trinajstić information content (AvgIpc) is 3.47. The zero-order chi connectivity index (χ0) is 32.7. The number of ether oxygens (including phenoxy) is 4. The number of para-hydroxylation sites is 1. The van der Waals surface area contributed by atoms with E-state index < -0.39 is 93.9 Å². The molecule has 3 atom stereocenters. The lowest BCUT2D eigenvalue weighted by Gasteiger charge is -2.31. The second-order valence-corrected chi connectivity index (χ2v) is 9.64. The summed E-state index contributed by atoms with van der Waals surface area (Å²) in [5.41, 5.74) is -7.38. The molecule has 2 aliphatic heterocycles. The Kier molecular flexibility index (Phi) is 8.68. The van der Waals surface area contributed by atoms with Crippen molar-refractivity contribution in [2.45, 2.75) is 31.5 Å². The number of fused-ring (bicyclic) bond motifs is 2. The number of nitrogens with zero attached hydrogens (tertiary/aromatic N) is 1. The lowest BCUT2D eigenvalue weighted by atomic mass is 9.72. The fourth-order valence-corrected chi connectivity index (χ4v) is 5.78. The average molecular weight is 629 g/mol. The van der Waals surface area contributed by atoms with Crippen LogP contribution in [0.4, 0.5) is 27.6 Å². The van der Waals surface area contributed by atoms with Gasteiger partial charge < -0.3 is 23.8 Å². The summed E-state index contributed by atoms with van der Waals surface area (Å²) in [6.07, 6.45) is 0. The maximum atomic E-state index is 14.8. The Labute approximate surface area is 246 Å². The summed E-state index contributed by atoms with van der Waals surface area (Å²) in [4.78, 5) is 69.2. The fraction of sp³-hybridized carbons (Fsp3) is 0.393. The van der Waals surface area contributed by atoms with Crippen molar-refractivity contribution in [3.05, 3.63) is 64.5 Å². The van der Waals surface area contributed by atoms with Gasteiger partial charge in [-0.25, -0.2) is 31.5 Å². The number of methoxy groups -OCH3 is 2. The zero-order valence-electron chi connectivity index (χ0n) is 23.6. The topological polar surface area (TPSA) is 138 Å². The van der Waals surface area contributed by atoms with E-state index in [1.165, 1.54) is 38.1 Å². The summed E-state index contributed by atoms with van der Waals surface area (Å²) in [7, 11) is 1.76. The van der Waals surface area contributed by atoms with E-state index in [2.05, 4.69) is 5.32 Å². The molecule has 2 aliphatic rings. The minimum absolute atomic E-state index is 0.214. The number of benzene rings is 2. The first-order chi connectivity index (χ1) is 20.8. The van der Waals surface area contributed by atoms with Crippen LogP contribution in [0.25, 0.3) is 0 Å². The third-order valence-electron chi connectivity index (χ3n) is 7.58. The van der Waals surface area contributed by atoms with E-state index in [4.69, 9.17) is 18.9 Å². The number of hydrogen-bond donors (Lipinski definition) is 1. The molecule has 0 aliphatic carbocycles. The van der Waals surface area contributed by atoms with Crippen LogP contribution in [-0.2, 0) is 55.0 Å². The van der Waals surface area contributed by atoms with E-state index in [9.17, 15) is 45.9 Å². The summed E-state index contributed by atoms with van der Waals surface area (Å²) >= 11 is 0. The Morgan fingerprint density at radius 1 is 0.795 bits per heavy atom. The van der Waals surface area contributed by atoms with Crippen LogP contribution < -0.4 is 10.2 Å². The lowest BCUT2D eigenvalue weighted by Crippen LogP contribution is -2.65. The van der Waals surface area contributed by atoms with E-state index >= 15 is 0 Å². The highest BCUT2D eigenvalue weighted by Gasteiger charge is 2.79. The van der Waals surface area contributed by atoms with Gasteiger partial charge in [0.15, 0.2) is 23.3 Å². The quantitative estimate of drug-likeness (QED) is 0.116. The van der Waals surface area contributed by atoms with E-state index in [-0.39, 0.29) is 24.5 Å². The molecule has 1 spiro atoms. The van der Waals surface area contributed by atoms with Gasteiger partial charge in [-0.1, -0.05) is 18.2 Å². The number of nitrogens with one attached hydrogen (secondary N) is 1. The molecule has 1 amide bonds. The van der Waals surface area contributed by atoms with E-state index in [1.807, 2.05) is 0 Å². The Morgan fingerprint density at radius 2 is 1.27 bits per heavy atom. The molecule has 1 saturated heterocycles. The molecule has 44 heavy (non-hydrogen) atoms. The molecule has 2 aromatic rings. The molecule has 0 radical (unpaired) electrons. The summed E-state index contributed by atoms with van der Waals surface area (Å²) < 4.78 is 91.4. The number of halogens is 5. The minimum Gasteiger partial charge on any atom is -0.469 e. The standard InChI is InChI=1S/C28H25F5N2O9/c1-5-43-25(39)28(26(40)44-6-2)16(23(37)42-4)15(22(36)41-3)27(34-28)13-9-7-8-10-14(13)35(24(27)38)11-12-17(29)19(31)21(33)20(32)18(12)30/h7-10,15-16,34H,5-6,11H2,1-4H3/t15-,16+,27+/m0/s1. The molecule has 0 unspecified atom stereocenters. The second kappa shape index (κ2) is 11.8. The molecular weight excluding hydrogens is 603 g/mol. The van der Waals surface area contributed by atoms with E-state index in [0.29, 0.717) is 4.90 Å². The Morgan fingerprint density at radius 3 is 1.77 bits per heavy atom. The molecule has 236 valence electrons. The van der Waals surface area contributed by atoms with Gasteiger partial charge in [-0.2, -0.15) is 0 Å². The van der Waals surface area contributed by atoms with Crippen LogP contribution in [0.2, 0.25) is 0 Å². The van der Waals surface area contributed by atoms with Crippen LogP contribution in [0.5, 0.6) is 0 Å². The normalized spacial score (nSPS) is 21.7. The molecule has 0 aromatic heterocycles. The smallest absolute Gasteiger partial charge is 0.339 e. The van der Waals surface area contributed by atoms with Crippen LogP contribution in [0, 0.1) is 40.9 Å². The van der Waals surface area contributed by atoms with Gasteiger partial charge in [-0.05, 0) is 19.9 Å². The number of amides is 1. The van der Waals surface area contributed by atoms with Crippen molar-refractivity contribution >= 4 is 35.5 Å². The molecule has 11 nitrogen and oxygen atoms in total. The highest BCUT2D eigenvalue weighted by molar-refractivity contribution is 6.17. The van der Waals surface area contributed by atoms with E-state index in [1.54, 1.807) is 0 Å². The summed E-state index contributed by atoms with van der Waals surface area (Å²) in [5, 5.41) is 2.52. The number of hydrogen-bond acceptors (Lipinski definition) is 10. The molecule has 2 heterocycles. The van der Waals surface area contributed by atoms with Crippen molar-refractivity contribution in [3.8, 4) is 0 Å². The van der Waals surface area contributed by atoms with Crippen LogP contribution in [0.3, 0.4) is 0 Å². The van der Waals surface area contributed by atoms with Gasteiger partial charge in [0.05, 0.1) is 34.0 Å². The first-order valence-corrected chi connectivity index (χ1v) is 13.0. The van der Waals surface area contributed by atoms with Crippen molar-refractivity contribution < 1.29 is 64.9 Å². The summed E-state index contributed by atoms with van der Waals surface area (Å²) in [5.74, 6) is -22.6. The molecular formula is C28H25F5N2O9. The molecule has 0 bridgehead atoms. The van der Waals surface area contributed by atoms with Crippen LogP contribution in [-0.4, -0.2) is 62.8 Å². The maximum Gasteiger partial charge on any atom is 0.339 e. The molecule has 4 rings (SSSR count). The SMILES string of the molecule is CCOC(=O)C1(C(=O)OCC)N[C@@]2(C(=O)N(Cc3c(F)c(F)c(F)c(F)c3F)c3ccccc32)[C@H](C(=O)OC)[C@@H]1C(=O)OC. The number of carbonyl (C=O) groups is 5. The summed E-state index contributed by atoms with van der Waals surface area (Å²) in [6, 6.07) is 5.15. The zero-order valence-corrected chi connectivity index (χ0v) is 23.6. The molecule has 1 N–H and O–H groups in total. The number of carbonyl (C=O) groups excluding carboxylic acids is 5. The van der Waals surface area contributed by atoms with Gasteiger partial charge in [-0.15, -0.1) is 0 Å². The summed E-state index contributed by atoms with van der Waals surface area (Å²) in [6.45, 7) is 0.779. The molecule has 1 fully saturated rings. The highest BCUT2D eigenvalue weighted by atomic mass is 19.2. The van der Waals surface area contributed by atoms with Crippen LogP contribution in [0.1, 0.15) is 25.0 Å². The first kappa shape index (κ1) is 32.3. The molecule has 16 heteroatoms. The van der Waals surface area contributed by atoms with Gasteiger partial charge in [0.2, 0.25) is 11.4 Å². The van der Waals surface area contributed by atoms with Gasteiger partial charge >= 0.3 is 23.9 Å². The van der Waals surface area contributed by atoms with Gasteiger partial charge in [-0.3, -0.25) is 19.7 Å². The number of anilines is 1. The Hall–Kier alpha value is -4.60. The predicted molar refractivity (Wildman–Crippen MR) is 136 cm³/mol. The lowest BCUT2D eigenvalue weighted by molar-refractivity contribution is -0.175. The minimum atomic E-state index is -2.93. The largest absolute Gasteiger partial charge is 0.469 e. The van der Waals surface area contributed by atoms with Gasteiger partial charge in [0.1, 0.15) is 17.4 Å². The molecule has 2 aromatic carbocycles. The van der Waals surface area contributed by atoms with Crippen molar-refractivity contribution in [2.24, 2.45) is 11.8 Å². The first-order valence-electron chi connectivity index (χ1n) is 13.0. The number of esters is 4. The van der Waals surface area contributed by atoms with Crippen LogP contribution >= 0.6 is 0 Å². The Balaban J connectivity index is 2.05. The monoisotopic (exact) mass is 628 g/mol. The third-order valence-corrected chi connectivity index (χ3v) is 7.58. The third kappa shape index (κ3) is 4.38. The van der Waals surface area contributed by atoms with Crippen molar-refractivity contribution in [2.75, 3.05) is 32.3 Å². The Bertz CT molecular complexity index is 1520. The second-order valence-electron chi connectivity index (χ2n) is 9.64. The van der Waals surface area contributed by atoms with Gasteiger partial charge in [0, 0.05) is 16.8 Å². The van der Waals surface area contributed by atoms with Gasteiger partial charge in [0.25, 0.3) is 5.91 Å². The van der Waals surface area contributed by atoms with Crippen molar-refractivity contribution in [1.29, 1.82) is 0 Å². The fourth-order valence-electron chi connectivity index (χ4n) is 5.78.